The Bertz CT molecular complexity index is 486. The number of ether oxygens (including phenoxy) is 1. The van der Waals surface area contributed by atoms with E-state index in [1.807, 2.05) is 17.8 Å². The van der Waals surface area contributed by atoms with Crippen molar-refractivity contribution in [3.8, 4) is 0 Å². The van der Waals surface area contributed by atoms with Gasteiger partial charge in [0.1, 0.15) is 0 Å². The van der Waals surface area contributed by atoms with Crippen molar-refractivity contribution in [3.63, 3.8) is 0 Å². The highest BCUT2D eigenvalue weighted by Gasteiger charge is 2.38. The minimum Gasteiger partial charge on any atom is -0.381 e. The van der Waals surface area contributed by atoms with Crippen LogP contribution >= 0.6 is 0 Å². The summed E-state index contributed by atoms with van der Waals surface area (Å²) in [5.41, 5.74) is 1.46. The summed E-state index contributed by atoms with van der Waals surface area (Å²) in [5, 5.41) is 4.15. The lowest BCUT2D eigenvalue weighted by Gasteiger charge is -2.45. The van der Waals surface area contributed by atoms with Crippen LogP contribution in [-0.2, 0) is 23.0 Å². The second kappa shape index (κ2) is 6.18. The maximum absolute atomic E-state index is 12.5. The Morgan fingerprint density at radius 3 is 2.90 bits per heavy atom. The van der Waals surface area contributed by atoms with E-state index in [1.165, 1.54) is 6.42 Å². The molecule has 1 spiro atoms. The first kappa shape index (κ1) is 14.6. The number of aryl methyl sites for hydroxylation is 2. The van der Waals surface area contributed by atoms with Crippen molar-refractivity contribution in [2.45, 2.75) is 38.5 Å². The van der Waals surface area contributed by atoms with Crippen molar-refractivity contribution in [2.75, 3.05) is 26.3 Å². The second-order valence-corrected chi connectivity index (χ2v) is 6.48. The number of likely N-dealkylation sites (tertiary alicyclic amines) is 1. The van der Waals surface area contributed by atoms with E-state index in [4.69, 9.17) is 4.74 Å². The summed E-state index contributed by atoms with van der Waals surface area (Å²) in [7, 11) is 1.93. The molecule has 3 rings (SSSR count). The minimum absolute atomic E-state index is 0.293. The Morgan fingerprint density at radius 2 is 2.19 bits per heavy atom. The Labute approximate surface area is 126 Å². The maximum atomic E-state index is 12.5. The van der Waals surface area contributed by atoms with Crippen LogP contribution in [0.5, 0.6) is 0 Å². The normalized spacial score (nSPS) is 21.7. The van der Waals surface area contributed by atoms with Crippen LogP contribution < -0.4 is 0 Å². The van der Waals surface area contributed by atoms with Gasteiger partial charge < -0.3 is 9.64 Å². The van der Waals surface area contributed by atoms with E-state index in [0.29, 0.717) is 17.7 Å². The fraction of sp³-hybridized carbons (Fsp3) is 0.750. The van der Waals surface area contributed by atoms with E-state index in [1.54, 1.807) is 6.20 Å². The largest absolute Gasteiger partial charge is 0.381 e. The molecule has 21 heavy (non-hydrogen) atoms. The van der Waals surface area contributed by atoms with Crippen molar-refractivity contribution in [1.29, 1.82) is 0 Å². The molecule has 1 aromatic heterocycles. The fourth-order valence-electron chi connectivity index (χ4n) is 3.67. The molecule has 0 saturated carbocycles. The molecule has 5 nitrogen and oxygen atoms in total. The maximum Gasteiger partial charge on any atom is 0.222 e. The zero-order valence-corrected chi connectivity index (χ0v) is 12.9. The van der Waals surface area contributed by atoms with E-state index in [-0.39, 0.29) is 0 Å². The summed E-state index contributed by atoms with van der Waals surface area (Å²) in [6, 6.07) is 1.99. The SMILES string of the molecule is Cn1nccc1CCC(=O)N1CCCC2(CCOCC2)C1. The lowest BCUT2D eigenvalue weighted by Crippen LogP contribution is -2.48. The highest BCUT2D eigenvalue weighted by molar-refractivity contribution is 5.76. The van der Waals surface area contributed by atoms with Crippen molar-refractivity contribution < 1.29 is 9.53 Å². The summed E-state index contributed by atoms with van der Waals surface area (Å²) in [5.74, 6) is 0.293. The van der Waals surface area contributed by atoms with Gasteiger partial charge in [-0.15, -0.1) is 0 Å². The molecule has 2 fully saturated rings. The van der Waals surface area contributed by atoms with Gasteiger partial charge in [0, 0.05) is 51.7 Å². The molecule has 0 atom stereocenters. The van der Waals surface area contributed by atoms with Gasteiger partial charge in [0.2, 0.25) is 5.91 Å². The van der Waals surface area contributed by atoms with E-state index < -0.39 is 0 Å². The molecule has 116 valence electrons. The molecule has 0 bridgehead atoms. The quantitative estimate of drug-likeness (QED) is 0.853. The zero-order valence-electron chi connectivity index (χ0n) is 12.9. The topological polar surface area (TPSA) is 47.4 Å². The fourth-order valence-corrected chi connectivity index (χ4v) is 3.67. The molecular formula is C16H25N3O2. The van der Waals surface area contributed by atoms with Gasteiger partial charge in [-0.25, -0.2) is 0 Å². The monoisotopic (exact) mass is 291 g/mol. The van der Waals surface area contributed by atoms with Crippen LogP contribution in [0.4, 0.5) is 0 Å². The molecule has 0 radical (unpaired) electrons. The summed E-state index contributed by atoms with van der Waals surface area (Å²) in [6.07, 6.45) is 7.77. The van der Waals surface area contributed by atoms with Crippen molar-refractivity contribution in [3.05, 3.63) is 18.0 Å². The third-order valence-corrected chi connectivity index (χ3v) is 5.09. The van der Waals surface area contributed by atoms with Crippen LogP contribution in [0, 0.1) is 5.41 Å². The van der Waals surface area contributed by atoms with E-state index in [0.717, 1.165) is 57.7 Å². The number of piperidine rings is 1. The molecular weight excluding hydrogens is 266 g/mol. The van der Waals surface area contributed by atoms with Crippen molar-refractivity contribution in [1.82, 2.24) is 14.7 Å². The molecule has 1 aromatic rings. The molecule has 2 saturated heterocycles. The molecule has 0 aromatic carbocycles. The van der Waals surface area contributed by atoms with Crippen LogP contribution in [-0.4, -0.2) is 46.9 Å². The molecule has 2 aliphatic rings. The zero-order chi connectivity index (χ0) is 14.7. The molecule has 0 aliphatic carbocycles. The van der Waals surface area contributed by atoms with Gasteiger partial charge in [-0.1, -0.05) is 0 Å². The lowest BCUT2D eigenvalue weighted by atomic mass is 9.74. The number of aromatic nitrogens is 2. The van der Waals surface area contributed by atoms with Gasteiger partial charge in [-0.2, -0.15) is 5.10 Å². The van der Waals surface area contributed by atoms with Gasteiger partial charge in [-0.3, -0.25) is 9.48 Å². The van der Waals surface area contributed by atoms with Crippen molar-refractivity contribution >= 4 is 5.91 Å². The summed E-state index contributed by atoms with van der Waals surface area (Å²) >= 11 is 0. The summed E-state index contributed by atoms with van der Waals surface area (Å²) in [4.78, 5) is 14.6. The summed E-state index contributed by atoms with van der Waals surface area (Å²) in [6.45, 7) is 3.57. The van der Waals surface area contributed by atoms with Crippen LogP contribution in [0.3, 0.4) is 0 Å². The average molecular weight is 291 g/mol. The lowest BCUT2D eigenvalue weighted by molar-refractivity contribution is -0.136. The molecule has 2 aliphatic heterocycles. The number of hydrogen-bond acceptors (Lipinski definition) is 3. The van der Waals surface area contributed by atoms with Gasteiger partial charge in [0.05, 0.1) is 0 Å². The van der Waals surface area contributed by atoms with Gasteiger partial charge in [0.15, 0.2) is 0 Å². The van der Waals surface area contributed by atoms with E-state index in [9.17, 15) is 4.79 Å². The van der Waals surface area contributed by atoms with Crippen LogP contribution in [0.25, 0.3) is 0 Å². The Kier molecular flexibility index (Phi) is 4.29. The van der Waals surface area contributed by atoms with Gasteiger partial charge >= 0.3 is 0 Å². The average Bonchev–Trinajstić information content (AvgIpc) is 2.91. The molecule has 3 heterocycles. The number of nitrogens with zero attached hydrogens (tertiary/aromatic N) is 3. The predicted octanol–water partition coefficient (Wildman–Crippen LogP) is 1.77. The Morgan fingerprint density at radius 1 is 1.38 bits per heavy atom. The second-order valence-electron chi connectivity index (χ2n) is 6.48. The highest BCUT2D eigenvalue weighted by Crippen LogP contribution is 2.39. The number of carbonyl (C=O) groups excluding carboxylic acids is 1. The Balaban J connectivity index is 1.55. The first-order valence-electron chi connectivity index (χ1n) is 8.01. The van der Waals surface area contributed by atoms with E-state index >= 15 is 0 Å². The van der Waals surface area contributed by atoms with Gasteiger partial charge in [0.25, 0.3) is 0 Å². The molecule has 0 unspecified atom stereocenters. The van der Waals surface area contributed by atoms with Gasteiger partial charge in [-0.05, 0) is 43.6 Å². The number of hydrogen-bond donors (Lipinski definition) is 0. The third kappa shape index (κ3) is 3.28. The van der Waals surface area contributed by atoms with Crippen LogP contribution in [0.15, 0.2) is 12.3 Å². The third-order valence-electron chi connectivity index (χ3n) is 5.09. The number of amides is 1. The van der Waals surface area contributed by atoms with Crippen LogP contribution in [0.1, 0.15) is 37.8 Å². The molecule has 1 amide bonds. The first-order chi connectivity index (χ1) is 10.2. The van der Waals surface area contributed by atoms with Crippen LogP contribution in [0.2, 0.25) is 0 Å². The standard InChI is InChI=1S/C16H25N3O2/c1-18-14(5-9-17-18)3-4-15(20)19-10-2-6-16(13-19)7-11-21-12-8-16/h5,9H,2-4,6-8,10-13H2,1H3. The highest BCUT2D eigenvalue weighted by atomic mass is 16.5. The summed E-state index contributed by atoms with van der Waals surface area (Å²) < 4.78 is 7.34. The number of rotatable bonds is 3. The molecule has 5 heteroatoms. The Hall–Kier alpha value is -1.36. The predicted molar refractivity (Wildman–Crippen MR) is 79.8 cm³/mol. The first-order valence-corrected chi connectivity index (χ1v) is 8.01. The van der Waals surface area contributed by atoms with E-state index in [2.05, 4.69) is 10.00 Å². The smallest absolute Gasteiger partial charge is 0.222 e. The number of carbonyl (C=O) groups is 1. The molecule has 0 N–H and O–H groups in total. The van der Waals surface area contributed by atoms with Crippen molar-refractivity contribution in [2.24, 2.45) is 12.5 Å². The minimum atomic E-state index is 0.293.